The number of aliphatic hydroxyl groups is 1. The summed E-state index contributed by atoms with van der Waals surface area (Å²) in [5.74, 6) is 0.496. The van der Waals surface area contributed by atoms with Crippen LogP contribution in [0.2, 0.25) is 0 Å². The molecule has 27 heavy (non-hydrogen) atoms. The van der Waals surface area contributed by atoms with Crippen LogP contribution < -0.4 is 10.3 Å². The summed E-state index contributed by atoms with van der Waals surface area (Å²) in [7, 11) is 0. The number of halogens is 2. The van der Waals surface area contributed by atoms with Gasteiger partial charge >= 0.3 is 0 Å². The quantitative estimate of drug-likeness (QED) is 0.453. The molecule has 9 heteroatoms. The van der Waals surface area contributed by atoms with E-state index in [1.165, 1.54) is 12.7 Å². The van der Waals surface area contributed by atoms with Gasteiger partial charge in [-0.2, -0.15) is 0 Å². The minimum Gasteiger partial charge on any atom is -0.475 e. The van der Waals surface area contributed by atoms with Crippen molar-refractivity contribution in [1.82, 2.24) is 19.9 Å². The van der Waals surface area contributed by atoms with E-state index >= 15 is 0 Å². The van der Waals surface area contributed by atoms with Crippen LogP contribution in [-0.4, -0.2) is 38.3 Å². The highest BCUT2D eigenvalue weighted by atomic mass is 79.9. The number of aromatic nitrogens is 4. The summed E-state index contributed by atoms with van der Waals surface area (Å²) in [5, 5.41) is 10.1. The fraction of sp³-hybridized carbons (Fsp3) is 0.111. The van der Waals surface area contributed by atoms with Crippen molar-refractivity contribution in [3.8, 4) is 5.88 Å². The number of rotatable bonds is 3. The number of H-pyrrole nitrogens is 1. The lowest BCUT2D eigenvalue weighted by Crippen LogP contribution is -2.05. The van der Waals surface area contributed by atoms with E-state index in [9.17, 15) is 4.79 Å². The highest BCUT2D eigenvalue weighted by Crippen LogP contribution is 2.24. The Morgan fingerprint density at radius 2 is 1.63 bits per heavy atom. The molecule has 2 N–H and O–H groups in total. The number of fused-ring (bicyclic) bond motifs is 2. The molecule has 138 valence electrons. The second kappa shape index (κ2) is 9.03. The third-order valence-corrected chi connectivity index (χ3v) is 4.48. The molecule has 2 aromatic carbocycles. The average molecular weight is 494 g/mol. The normalized spacial score (nSPS) is 10.5. The number of nitrogens with zero attached hydrogens (tertiary/aromatic N) is 3. The lowest BCUT2D eigenvalue weighted by atomic mass is 10.2. The maximum absolute atomic E-state index is 11.2. The minimum atomic E-state index is -0.110. The third-order valence-electron chi connectivity index (χ3n) is 3.49. The number of ether oxygens (including phenoxy) is 1. The Kier molecular flexibility index (Phi) is 6.49. The summed E-state index contributed by atoms with van der Waals surface area (Å²) in [6.45, 7) is 0.206. The summed E-state index contributed by atoms with van der Waals surface area (Å²) in [6.07, 6.45) is 2.85. The number of nitrogens with one attached hydrogen (secondary N) is 1. The first-order valence-electron chi connectivity index (χ1n) is 7.85. The zero-order valence-electron chi connectivity index (χ0n) is 13.9. The molecule has 0 bridgehead atoms. The molecule has 4 aromatic rings. The Hall–Kier alpha value is -2.36. The molecule has 0 amide bonds. The summed E-state index contributed by atoms with van der Waals surface area (Å²) < 4.78 is 7.13. The van der Waals surface area contributed by atoms with Crippen molar-refractivity contribution in [1.29, 1.82) is 0 Å². The summed E-state index contributed by atoms with van der Waals surface area (Å²) in [5.41, 5.74) is 1.42. The predicted octanol–water partition coefficient (Wildman–Crippen LogP) is 3.45. The fourth-order valence-corrected chi connectivity index (χ4v) is 3.03. The summed E-state index contributed by atoms with van der Waals surface area (Å²) in [6, 6.07) is 11.1. The maximum atomic E-state index is 11.2. The molecule has 7 nitrogen and oxygen atoms in total. The second-order valence-corrected chi connectivity index (χ2v) is 7.14. The first-order chi connectivity index (χ1) is 13.1. The van der Waals surface area contributed by atoms with Gasteiger partial charge in [0.15, 0.2) is 0 Å². The van der Waals surface area contributed by atoms with Crippen molar-refractivity contribution in [3.05, 3.63) is 68.4 Å². The molecule has 0 aliphatic carbocycles. The molecular formula is C18H14Br2N4O3. The highest BCUT2D eigenvalue weighted by molar-refractivity contribution is 9.10. The number of hydrogen-bond donors (Lipinski definition) is 2. The van der Waals surface area contributed by atoms with Crippen LogP contribution in [0, 0.1) is 0 Å². The monoisotopic (exact) mass is 492 g/mol. The molecule has 2 aromatic heterocycles. The van der Waals surface area contributed by atoms with Crippen molar-refractivity contribution in [2.75, 3.05) is 13.2 Å². The van der Waals surface area contributed by atoms with E-state index in [2.05, 4.69) is 51.8 Å². The van der Waals surface area contributed by atoms with Crippen molar-refractivity contribution >= 4 is 53.7 Å². The van der Waals surface area contributed by atoms with Gasteiger partial charge in [-0.3, -0.25) is 4.79 Å². The first kappa shape index (κ1) is 19.4. The number of aliphatic hydroxyl groups excluding tert-OH is 1. The van der Waals surface area contributed by atoms with Gasteiger partial charge in [-0.1, -0.05) is 31.9 Å². The predicted molar refractivity (Wildman–Crippen MR) is 110 cm³/mol. The number of benzene rings is 2. The molecule has 0 saturated heterocycles. The van der Waals surface area contributed by atoms with E-state index in [1.807, 2.05) is 24.3 Å². The SMILES string of the molecule is O=c1[nH]cnc2ccc(Br)cc12.OCCOc1ncnc2ccc(Br)cc12. The average Bonchev–Trinajstić information content (AvgIpc) is 2.67. The van der Waals surface area contributed by atoms with Gasteiger partial charge < -0.3 is 14.8 Å². The van der Waals surface area contributed by atoms with Gasteiger partial charge in [-0.15, -0.1) is 0 Å². The van der Waals surface area contributed by atoms with E-state index in [1.54, 1.807) is 12.1 Å². The Morgan fingerprint density at radius 3 is 2.33 bits per heavy atom. The Balaban J connectivity index is 0.000000159. The molecule has 0 spiro atoms. The molecule has 0 saturated carbocycles. The van der Waals surface area contributed by atoms with Crippen molar-refractivity contribution in [2.45, 2.75) is 0 Å². The Morgan fingerprint density at radius 1 is 0.963 bits per heavy atom. The molecule has 0 aliphatic heterocycles. The van der Waals surface area contributed by atoms with E-state index in [0.717, 1.165) is 19.8 Å². The minimum absolute atomic E-state index is 0.0283. The fourth-order valence-electron chi connectivity index (χ4n) is 2.30. The van der Waals surface area contributed by atoms with E-state index < -0.39 is 0 Å². The van der Waals surface area contributed by atoms with Crippen LogP contribution in [0.25, 0.3) is 21.8 Å². The van der Waals surface area contributed by atoms with Gasteiger partial charge in [0.25, 0.3) is 5.56 Å². The summed E-state index contributed by atoms with van der Waals surface area (Å²) >= 11 is 6.66. The van der Waals surface area contributed by atoms with Crippen molar-refractivity contribution in [3.63, 3.8) is 0 Å². The highest BCUT2D eigenvalue weighted by Gasteiger charge is 2.04. The van der Waals surface area contributed by atoms with Gasteiger partial charge in [0.1, 0.15) is 12.9 Å². The van der Waals surface area contributed by atoms with Crippen LogP contribution in [0.1, 0.15) is 0 Å². The van der Waals surface area contributed by atoms with Crippen molar-refractivity contribution < 1.29 is 9.84 Å². The molecule has 0 unspecified atom stereocenters. The van der Waals surface area contributed by atoms with Gasteiger partial charge in [-0.05, 0) is 36.4 Å². The van der Waals surface area contributed by atoms with Crippen LogP contribution in [0.5, 0.6) is 5.88 Å². The Labute approximate surface area is 170 Å². The number of hydrogen-bond acceptors (Lipinski definition) is 6. The lowest BCUT2D eigenvalue weighted by Gasteiger charge is -2.06. The van der Waals surface area contributed by atoms with Gasteiger partial charge in [-0.25, -0.2) is 15.0 Å². The maximum Gasteiger partial charge on any atom is 0.258 e. The molecule has 0 radical (unpaired) electrons. The van der Waals surface area contributed by atoms with E-state index in [4.69, 9.17) is 9.84 Å². The lowest BCUT2D eigenvalue weighted by molar-refractivity contribution is 0.198. The van der Waals surface area contributed by atoms with Crippen LogP contribution in [-0.2, 0) is 0 Å². The molecule has 2 heterocycles. The summed E-state index contributed by atoms with van der Waals surface area (Å²) in [4.78, 5) is 25.9. The molecule has 0 fully saturated rings. The molecule has 0 atom stereocenters. The largest absolute Gasteiger partial charge is 0.475 e. The van der Waals surface area contributed by atoms with Crippen LogP contribution >= 0.6 is 31.9 Å². The zero-order valence-corrected chi connectivity index (χ0v) is 17.1. The van der Waals surface area contributed by atoms with Crippen LogP contribution in [0.3, 0.4) is 0 Å². The standard InChI is InChI=1S/C10H9BrN2O2.C8H5BrN2O/c11-7-1-2-9-8(5-7)10(13-6-12-9)15-4-3-14;9-5-1-2-7-6(3-5)8(12)11-4-10-7/h1-2,5-6,14H,3-4H2;1-4H,(H,10,11,12). The van der Waals surface area contributed by atoms with Crippen LogP contribution in [0.15, 0.2) is 62.8 Å². The molecule has 4 rings (SSSR count). The zero-order chi connectivity index (χ0) is 19.2. The van der Waals surface area contributed by atoms with E-state index in [-0.39, 0.29) is 18.8 Å². The smallest absolute Gasteiger partial charge is 0.258 e. The van der Waals surface area contributed by atoms with Gasteiger partial charge in [0, 0.05) is 8.95 Å². The second-order valence-electron chi connectivity index (χ2n) is 5.31. The third kappa shape index (κ3) is 4.88. The van der Waals surface area contributed by atoms with Crippen LogP contribution in [0.4, 0.5) is 0 Å². The van der Waals surface area contributed by atoms with Gasteiger partial charge in [0.2, 0.25) is 5.88 Å². The number of aromatic amines is 1. The van der Waals surface area contributed by atoms with Gasteiger partial charge in [0.05, 0.1) is 34.7 Å². The van der Waals surface area contributed by atoms with E-state index in [0.29, 0.717) is 16.8 Å². The molecule has 0 aliphatic rings. The first-order valence-corrected chi connectivity index (χ1v) is 9.44. The topological polar surface area (TPSA) is 101 Å². The Bertz CT molecular complexity index is 1130. The molecular weight excluding hydrogens is 480 g/mol. The van der Waals surface area contributed by atoms with Crippen molar-refractivity contribution in [2.24, 2.45) is 0 Å².